The molecular weight excluding hydrogens is 164 g/mol. The molecule has 0 aromatic carbocycles. The number of rotatable bonds is 5. The lowest BCUT2D eigenvalue weighted by molar-refractivity contribution is -0.168. The first kappa shape index (κ1) is 10.7. The molecule has 1 aliphatic rings. The van der Waals surface area contributed by atoms with E-state index in [0.717, 1.165) is 26.1 Å². The van der Waals surface area contributed by atoms with Crippen molar-refractivity contribution in [2.75, 3.05) is 13.2 Å². The molecule has 2 atom stereocenters. The summed E-state index contributed by atoms with van der Waals surface area (Å²) in [5, 5.41) is 0. The van der Waals surface area contributed by atoms with Gasteiger partial charge in [-0.15, -0.1) is 6.58 Å². The van der Waals surface area contributed by atoms with Crippen molar-refractivity contribution in [3.63, 3.8) is 0 Å². The van der Waals surface area contributed by atoms with E-state index in [9.17, 15) is 0 Å². The normalized spacial score (nSPS) is 25.5. The van der Waals surface area contributed by atoms with Crippen LogP contribution < -0.4 is 0 Å². The fourth-order valence-corrected chi connectivity index (χ4v) is 1.47. The van der Waals surface area contributed by atoms with E-state index in [1.165, 1.54) is 12.8 Å². The first-order valence-electron chi connectivity index (χ1n) is 5.17. The topological polar surface area (TPSA) is 18.5 Å². The van der Waals surface area contributed by atoms with Gasteiger partial charge in [-0.3, -0.25) is 0 Å². The van der Waals surface area contributed by atoms with E-state index in [-0.39, 0.29) is 6.29 Å². The van der Waals surface area contributed by atoms with Crippen LogP contribution in [0.25, 0.3) is 0 Å². The maximum absolute atomic E-state index is 5.63. The Hall–Kier alpha value is -0.340. The second-order valence-electron chi connectivity index (χ2n) is 3.76. The van der Waals surface area contributed by atoms with Crippen LogP contribution in [0.2, 0.25) is 0 Å². The third-order valence-corrected chi connectivity index (χ3v) is 2.27. The lowest BCUT2D eigenvalue weighted by Crippen LogP contribution is -2.24. The van der Waals surface area contributed by atoms with Gasteiger partial charge in [0.25, 0.3) is 0 Å². The van der Waals surface area contributed by atoms with Crippen molar-refractivity contribution >= 4 is 0 Å². The van der Waals surface area contributed by atoms with E-state index in [1.807, 2.05) is 6.08 Å². The highest BCUT2D eigenvalue weighted by molar-refractivity contribution is 4.70. The summed E-state index contributed by atoms with van der Waals surface area (Å²) in [4.78, 5) is 0. The molecule has 1 aliphatic heterocycles. The molecule has 0 aliphatic carbocycles. The molecule has 0 saturated carbocycles. The van der Waals surface area contributed by atoms with Crippen molar-refractivity contribution < 1.29 is 9.47 Å². The van der Waals surface area contributed by atoms with Crippen LogP contribution in [0.1, 0.15) is 32.6 Å². The lowest BCUT2D eigenvalue weighted by Gasteiger charge is -2.23. The van der Waals surface area contributed by atoms with Gasteiger partial charge in [0, 0.05) is 6.61 Å². The summed E-state index contributed by atoms with van der Waals surface area (Å²) in [6.07, 6.45) is 6.49. The first-order chi connectivity index (χ1) is 6.33. The van der Waals surface area contributed by atoms with Crippen molar-refractivity contribution in [1.82, 2.24) is 0 Å². The van der Waals surface area contributed by atoms with Crippen LogP contribution in [0.15, 0.2) is 12.7 Å². The number of ether oxygens (including phenoxy) is 2. The van der Waals surface area contributed by atoms with Crippen LogP contribution >= 0.6 is 0 Å². The van der Waals surface area contributed by atoms with Gasteiger partial charge in [-0.05, 0) is 31.6 Å². The monoisotopic (exact) mass is 184 g/mol. The average molecular weight is 184 g/mol. The second-order valence-corrected chi connectivity index (χ2v) is 3.76. The lowest BCUT2D eigenvalue weighted by atomic mass is 10.1. The summed E-state index contributed by atoms with van der Waals surface area (Å²) in [7, 11) is 0. The van der Waals surface area contributed by atoms with Gasteiger partial charge >= 0.3 is 0 Å². The van der Waals surface area contributed by atoms with E-state index in [1.54, 1.807) is 0 Å². The second kappa shape index (κ2) is 6.17. The smallest absolute Gasteiger partial charge is 0.157 e. The Morgan fingerprint density at radius 3 is 3.08 bits per heavy atom. The minimum Gasteiger partial charge on any atom is -0.353 e. The largest absolute Gasteiger partial charge is 0.353 e. The van der Waals surface area contributed by atoms with Crippen LogP contribution in [-0.4, -0.2) is 19.5 Å². The van der Waals surface area contributed by atoms with Gasteiger partial charge < -0.3 is 9.47 Å². The van der Waals surface area contributed by atoms with Crippen LogP contribution in [-0.2, 0) is 9.47 Å². The standard InChI is InChI=1S/C11H20O2/c1-3-6-10(2)9-13-11-7-4-5-8-12-11/h3,10-11H,1,4-9H2,2H3. The predicted octanol–water partition coefficient (Wildman–Crippen LogP) is 2.74. The molecule has 2 heteroatoms. The molecule has 2 unspecified atom stereocenters. The first-order valence-corrected chi connectivity index (χ1v) is 5.17. The van der Waals surface area contributed by atoms with Crippen molar-refractivity contribution in [3.8, 4) is 0 Å². The zero-order valence-corrected chi connectivity index (χ0v) is 8.50. The molecule has 1 heterocycles. The van der Waals surface area contributed by atoms with Gasteiger partial charge in [0.15, 0.2) is 6.29 Å². The Bertz CT molecular complexity index is 139. The zero-order valence-electron chi connectivity index (χ0n) is 8.50. The third kappa shape index (κ3) is 4.44. The molecular formula is C11H20O2. The summed E-state index contributed by atoms with van der Waals surface area (Å²) < 4.78 is 11.1. The molecule has 0 aromatic heterocycles. The fraction of sp³-hybridized carbons (Fsp3) is 0.818. The minimum absolute atomic E-state index is 0.0565. The summed E-state index contributed by atoms with van der Waals surface area (Å²) in [6.45, 7) is 7.53. The predicted molar refractivity (Wildman–Crippen MR) is 53.5 cm³/mol. The molecule has 0 aromatic rings. The number of allylic oxidation sites excluding steroid dienone is 1. The fourth-order valence-electron chi connectivity index (χ4n) is 1.47. The van der Waals surface area contributed by atoms with Crippen LogP contribution in [0.4, 0.5) is 0 Å². The molecule has 0 radical (unpaired) electrons. The molecule has 0 N–H and O–H groups in total. The molecule has 0 spiro atoms. The quantitative estimate of drug-likeness (QED) is 0.612. The maximum atomic E-state index is 5.63. The van der Waals surface area contributed by atoms with Gasteiger partial charge in [-0.2, -0.15) is 0 Å². The SMILES string of the molecule is C=CCC(C)COC1CCCCO1. The molecule has 76 valence electrons. The molecule has 1 saturated heterocycles. The van der Waals surface area contributed by atoms with Crippen molar-refractivity contribution in [3.05, 3.63) is 12.7 Å². The molecule has 13 heavy (non-hydrogen) atoms. The Labute approximate surface area is 80.9 Å². The molecule has 1 rings (SSSR count). The van der Waals surface area contributed by atoms with Gasteiger partial charge in [-0.25, -0.2) is 0 Å². The summed E-state index contributed by atoms with van der Waals surface area (Å²) >= 11 is 0. The van der Waals surface area contributed by atoms with E-state index < -0.39 is 0 Å². The summed E-state index contributed by atoms with van der Waals surface area (Å²) in [5.74, 6) is 0.558. The Balaban J connectivity index is 2.06. The molecule has 0 bridgehead atoms. The van der Waals surface area contributed by atoms with Crippen molar-refractivity contribution in [1.29, 1.82) is 0 Å². The number of hydrogen-bond acceptors (Lipinski definition) is 2. The molecule has 2 nitrogen and oxygen atoms in total. The van der Waals surface area contributed by atoms with E-state index in [0.29, 0.717) is 5.92 Å². The van der Waals surface area contributed by atoms with Crippen LogP contribution in [0.5, 0.6) is 0 Å². The highest BCUT2D eigenvalue weighted by atomic mass is 16.7. The highest BCUT2D eigenvalue weighted by Gasteiger charge is 2.14. The third-order valence-electron chi connectivity index (χ3n) is 2.27. The highest BCUT2D eigenvalue weighted by Crippen LogP contribution is 2.15. The summed E-state index contributed by atoms with van der Waals surface area (Å²) in [5.41, 5.74) is 0. The zero-order chi connectivity index (χ0) is 9.52. The minimum atomic E-state index is 0.0565. The molecule has 1 fully saturated rings. The van der Waals surface area contributed by atoms with E-state index in [4.69, 9.17) is 9.47 Å². The van der Waals surface area contributed by atoms with Crippen molar-refractivity contribution in [2.45, 2.75) is 38.9 Å². The average Bonchev–Trinajstić information content (AvgIpc) is 2.17. The van der Waals surface area contributed by atoms with Gasteiger partial charge in [0.05, 0.1) is 6.61 Å². The van der Waals surface area contributed by atoms with Crippen LogP contribution in [0.3, 0.4) is 0 Å². The molecule has 0 amide bonds. The van der Waals surface area contributed by atoms with E-state index >= 15 is 0 Å². The van der Waals surface area contributed by atoms with Crippen LogP contribution in [0, 0.1) is 5.92 Å². The maximum Gasteiger partial charge on any atom is 0.157 e. The summed E-state index contributed by atoms with van der Waals surface area (Å²) in [6, 6.07) is 0. The Morgan fingerprint density at radius 1 is 1.62 bits per heavy atom. The Morgan fingerprint density at radius 2 is 2.46 bits per heavy atom. The van der Waals surface area contributed by atoms with Crippen molar-refractivity contribution in [2.24, 2.45) is 5.92 Å². The number of hydrogen-bond donors (Lipinski definition) is 0. The van der Waals surface area contributed by atoms with Gasteiger partial charge in [-0.1, -0.05) is 13.0 Å². The van der Waals surface area contributed by atoms with Gasteiger partial charge in [0.2, 0.25) is 0 Å². The Kier molecular flexibility index (Phi) is 5.09. The van der Waals surface area contributed by atoms with E-state index in [2.05, 4.69) is 13.5 Å². The van der Waals surface area contributed by atoms with Gasteiger partial charge in [0.1, 0.15) is 0 Å².